The number of rotatable bonds is 9. The van der Waals surface area contributed by atoms with Crippen molar-refractivity contribution in [2.75, 3.05) is 12.4 Å². The van der Waals surface area contributed by atoms with Gasteiger partial charge in [0, 0.05) is 5.69 Å². The summed E-state index contributed by atoms with van der Waals surface area (Å²) < 4.78 is 11.3. The van der Waals surface area contributed by atoms with Crippen molar-refractivity contribution in [1.29, 1.82) is 0 Å². The van der Waals surface area contributed by atoms with E-state index in [9.17, 15) is 9.59 Å². The SMILES string of the molecule is COc1cc(C=NNC(=O)CC(=O)Nc2ccc(Cl)c(Cl)c2)ccc1OCc1cccc(C)c1. The maximum Gasteiger partial charge on any atom is 0.249 e. The molecule has 9 heteroatoms. The summed E-state index contributed by atoms with van der Waals surface area (Å²) in [6, 6.07) is 18.0. The van der Waals surface area contributed by atoms with E-state index < -0.39 is 18.2 Å². The molecule has 0 spiro atoms. The molecule has 7 nitrogen and oxygen atoms in total. The van der Waals surface area contributed by atoms with Crippen LogP contribution in [0.25, 0.3) is 0 Å². The number of halogens is 2. The predicted octanol–water partition coefficient (Wildman–Crippen LogP) is 5.37. The Morgan fingerprint density at radius 3 is 2.53 bits per heavy atom. The maximum absolute atomic E-state index is 12.0. The first-order valence-electron chi connectivity index (χ1n) is 10.3. The molecule has 0 saturated carbocycles. The van der Waals surface area contributed by atoms with Gasteiger partial charge in [-0.05, 0) is 54.4 Å². The summed E-state index contributed by atoms with van der Waals surface area (Å²) in [4.78, 5) is 24.0. The Labute approximate surface area is 207 Å². The molecule has 0 aliphatic heterocycles. The van der Waals surface area contributed by atoms with Crippen LogP contribution in [-0.2, 0) is 16.2 Å². The highest BCUT2D eigenvalue weighted by Crippen LogP contribution is 2.28. The van der Waals surface area contributed by atoms with Crippen LogP contribution in [0.1, 0.15) is 23.1 Å². The van der Waals surface area contributed by atoms with Gasteiger partial charge in [-0.1, -0.05) is 53.0 Å². The summed E-state index contributed by atoms with van der Waals surface area (Å²) in [5.41, 5.74) is 5.66. The van der Waals surface area contributed by atoms with Gasteiger partial charge in [0.05, 0.1) is 23.4 Å². The first-order chi connectivity index (χ1) is 16.3. The van der Waals surface area contributed by atoms with Crippen molar-refractivity contribution in [1.82, 2.24) is 5.43 Å². The summed E-state index contributed by atoms with van der Waals surface area (Å²) in [6.45, 7) is 2.44. The van der Waals surface area contributed by atoms with E-state index in [4.69, 9.17) is 32.7 Å². The minimum absolute atomic E-state index is 0.301. The standard InChI is InChI=1S/C25H23Cl2N3O4/c1-16-4-3-5-18(10-16)15-34-22-9-6-17(11-23(22)33-2)14-28-30-25(32)13-24(31)29-19-7-8-20(26)21(27)12-19/h3-12,14H,13,15H2,1-2H3,(H,29,31)(H,30,32). The van der Waals surface area contributed by atoms with Crippen molar-refractivity contribution in [3.63, 3.8) is 0 Å². The Bertz CT molecular complexity index is 1210. The normalized spacial score (nSPS) is 10.7. The number of aryl methyl sites for hydroxylation is 1. The molecule has 0 fully saturated rings. The summed E-state index contributed by atoms with van der Waals surface area (Å²) in [6.07, 6.45) is 1.04. The van der Waals surface area contributed by atoms with Gasteiger partial charge in [0.25, 0.3) is 0 Å². The number of nitrogens with one attached hydrogen (secondary N) is 2. The molecule has 0 saturated heterocycles. The molecule has 0 heterocycles. The Morgan fingerprint density at radius 1 is 0.971 bits per heavy atom. The Hall–Kier alpha value is -3.55. The van der Waals surface area contributed by atoms with Crippen LogP contribution < -0.4 is 20.2 Å². The molecule has 0 bridgehead atoms. The minimum Gasteiger partial charge on any atom is -0.493 e. The molecule has 2 amide bonds. The van der Waals surface area contributed by atoms with Gasteiger partial charge in [0.2, 0.25) is 11.8 Å². The van der Waals surface area contributed by atoms with Gasteiger partial charge in [0.1, 0.15) is 13.0 Å². The number of benzene rings is 3. The number of amides is 2. The van der Waals surface area contributed by atoms with E-state index in [1.54, 1.807) is 37.4 Å². The van der Waals surface area contributed by atoms with Crippen molar-refractivity contribution >= 4 is 46.9 Å². The van der Waals surface area contributed by atoms with Crippen LogP contribution in [0.3, 0.4) is 0 Å². The zero-order chi connectivity index (χ0) is 24.5. The summed E-state index contributed by atoms with van der Waals surface area (Å²) >= 11 is 11.8. The van der Waals surface area contributed by atoms with Crippen molar-refractivity contribution < 1.29 is 19.1 Å². The molecule has 0 aromatic heterocycles. The molecule has 2 N–H and O–H groups in total. The molecule has 0 unspecified atom stereocenters. The lowest BCUT2D eigenvalue weighted by molar-refractivity contribution is -0.126. The van der Waals surface area contributed by atoms with Crippen LogP contribution in [0.5, 0.6) is 11.5 Å². The first kappa shape index (κ1) is 25.1. The van der Waals surface area contributed by atoms with E-state index in [0.29, 0.717) is 39.4 Å². The molecule has 0 radical (unpaired) electrons. The van der Waals surface area contributed by atoms with Crippen molar-refractivity contribution in [3.8, 4) is 11.5 Å². The van der Waals surface area contributed by atoms with E-state index in [0.717, 1.165) is 11.1 Å². The lowest BCUT2D eigenvalue weighted by Gasteiger charge is -2.11. The molecule has 176 valence electrons. The maximum atomic E-state index is 12.0. The second-order valence-electron chi connectivity index (χ2n) is 7.34. The van der Waals surface area contributed by atoms with Crippen molar-refractivity contribution in [2.45, 2.75) is 20.0 Å². The average molecular weight is 500 g/mol. The number of hydrogen-bond donors (Lipinski definition) is 2. The van der Waals surface area contributed by atoms with Gasteiger partial charge in [-0.2, -0.15) is 5.10 Å². The Morgan fingerprint density at radius 2 is 1.79 bits per heavy atom. The van der Waals surface area contributed by atoms with Gasteiger partial charge in [0.15, 0.2) is 11.5 Å². The molecule has 3 rings (SSSR count). The second kappa shape index (κ2) is 12.1. The average Bonchev–Trinajstić information content (AvgIpc) is 2.80. The highest BCUT2D eigenvalue weighted by atomic mass is 35.5. The van der Waals surface area contributed by atoms with E-state index in [-0.39, 0.29) is 0 Å². The monoisotopic (exact) mass is 499 g/mol. The van der Waals surface area contributed by atoms with Gasteiger partial charge in [-0.3, -0.25) is 9.59 Å². The number of hydrazone groups is 1. The zero-order valence-electron chi connectivity index (χ0n) is 18.6. The molecule has 3 aromatic rings. The van der Waals surface area contributed by atoms with E-state index >= 15 is 0 Å². The van der Waals surface area contributed by atoms with E-state index in [1.165, 1.54) is 12.3 Å². The number of carbonyl (C=O) groups excluding carboxylic acids is 2. The number of methoxy groups -OCH3 is 1. The number of hydrogen-bond acceptors (Lipinski definition) is 5. The second-order valence-corrected chi connectivity index (χ2v) is 8.15. The van der Waals surface area contributed by atoms with Crippen LogP contribution in [-0.4, -0.2) is 25.1 Å². The van der Waals surface area contributed by atoms with Crippen LogP contribution in [0.2, 0.25) is 10.0 Å². The number of ether oxygens (including phenoxy) is 2. The number of anilines is 1. The highest BCUT2D eigenvalue weighted by Gasteiger charge is 2.10. The molecular formula is C25H23Cl2N3O4. The molecular weight excluding hydrogens is 477 g/mol. The summed E-state index contributed by atoms with van der Waals surface area (Å²) in [7, 11) is 1.55. The smallest absolute Gasteiger partial charge is 0.249 e. The van der Waals surface area contributed by atoms with Crippen molar-refractivity contribution in [3.05, 3.63) is 87.4 Å². The summed E-state index contributed by atoms with van der Waals surface area (Å²) in [5, 5.41) is 7.14. The Balaban J connectivity index is 1.51. The van der Waals surface area contributed by atoms with E-state index in [1.807, 2.05) is 25.1 Å². The van der Waals surface area contributed by atoms with Crippen LogP contribution in [0.15, 0.2) is 65.8 Å². The lowest BCUT2D eigenvalue weighted by atomic mass is 10.1. The third-order valence-corrected chi connectivity index (χ3v) is 5.33. The fraction of sp³-hybridized carbons (Fsp3) is 0.160. The van der Waals surface area contributed by atoms with Gasteiger partial charge < -0.3 is 14.8 Å². The zero-order valence-corrected chi connectivity index (χ0v) is 20.1. The number of nitrogens with zero attached hydrogens (tertiary/aromatic N) is 1. The third-order valence-electron chi connectivity index (χ3n) is 4.59. The first-order valence-corrected chi connectivity index (χ1v) is 11.0. The quantitative estimate of drug-likeness (QED) is 0.235. The third kappa shape index (κ3) is 7.50. The van der Waals surface area contributed by atoms with Crippen LogP contribution in [0.4, 0.5) is 5.69 Å². The van der Waals surface area contributed by atoms with Crippen LogP contribution >= 0.6 is 23.2 Å². The number of carbonyl (C=O) groups is 2. The fourth-order valence-electron chi connectivity index (χ4n) is 2.99. The minimum atomic E-state index is -0.570. The van der Waals surface area contributed by atoms with Crippen LogP contribution in [0, 0.1) is 6.92 Å². The molecule has 0 atom stereocenters. The highest BCUT2D eigenvalue weighted by molar-refractivity contribution is 6.42. The predicted molar refractivity (Wildman–Crippen MR) is 134 cm³/mol. The van der Waals surface area contributed by atoms with Gasteiger partial charge in [-0.25, -0.2) is 5.43 Å². The van der Waals surface area contributed by atoms with Gasteiger partial charge >= 0.3 is 0 Å². The van der Waals surface area contributed by atoms with Gasteiger partial charge in [-0.15, -0.1) is 0 Å². The molecule has 3 aromatic carbocycles. The van der Waals surface area contributed by atoms with Crippen molar-refractivity contribution in [2.24, 2.45) is 5.10 Å². The largest absolute Gasteiger partial charge is 0.493 e. The topological polar surface area (TPSA) is 89.0 Å². The molecule has 0 aliphatic rings. The lowest BCUT2D eigenvalue weighted by Crippen LogP contribution is -2.24. The molecule has 34 heavy (non-hydrogen) atoms. The fourth-order valence-corrected chi connectivity index (χ4v) is 3.29. The summed E-state index contributed by atoms with van der Waals surface area (Å²) in [5.74, 6) is 0.0369. The molecule has 0 aliphatic carbocycles. The van der Waals surface area contributed by atoms with E-state index in [2.05, 4.69) is 21.9 Å². The Kier molecular flexibility index (Phi) is 8.90.